The molecule has 1 aliphatic heterocycles. The Morgan fingerprint density at radius 1 is 1.14 bits per heavy atom. The number of rotatable bonds is 8. The fraction of sp³-hybridized carbons (Fsp3) is 0.318. The zero-order chi connectivity index (χ0) is 19.9. The van der Waals surface area contributed by atoms with E-state index in [4.69, 9.17) is 4.74 Å². The lowest BCUT2D eigenvalue weighted by atomic mass is 9.92. The Morgan fingerprint density at radius 2 is 1.93 bits per heavy atom. The summed E-state index contributed by atoms with van der Waals surface area (Å²) in [6.07, 6.45) is 2.35. The summed E-state index contributed by atoms with van der Waals surface area (Å²) >= 11 is 0. The fourth-order valence-electron chi connectivity index (χ4n) is 3.10. The molecular weight excluding hydrogens is 358 g/mol. The summed E-state index contributed by atoms with van der Waals surface area (Å²) in [7, 11) is 1.37. The van der Waals surface area contributed by atoms with Crippen LogP contribution in [0.3, 0.4) is 0 Å². The van der Waals surface area contributed by atoms with Gasteiger partial charge in [0.25, 0.3) is 0 Å². The average Bonchev–Trinajstić information content (AvgIpc) is 2.73. The lowest BCUT2D eigenvalue weighted by Gasteiger charge is -2.18. The SMILES string of the molecule is COC(=O)CCCCOc1cc2c(cc1O)C(C(=O)c1ccccc1)=NCC2. The summed E-state index contributed by atoms with van der Waals surface area (Å²) < 4.78 is 10.3. The molecule has 1 aliphatic rings. The minimum absolute atomic E-state index is 0.0258. The van der Waals surface area contributed by atoms with Crippen LogP contribution in [0.25, 0.3) is 0 Å². The predicted molar refractivity (Wildman–Crippen MR) is 105 cm³/mol. The maximum absolute atomic E-state index is 12.8. The first-order valence-corrected chi connectivity index (χ1v) is 9.30. The number of unbranched alkanes of at least 4 members (excludes halogenated alkanes) is 1. The van der Waals surface area contributed by atoms with Crippen LogP contribution in [-0.2, 0) is 16.0 Å². The number of Topliss-reactive ketones (excluding diaryl/α,β-unsaturated/α-hetero) is 1. The van der Waals surface area contributed by atoms with Gasteiger partial charge in [0.15, 0.2) is 11.5 Å². The largest absolute Gasteiger partial charge is 0.504 e. The van der Waals surface area contributed by atoms with E-state index in [0.29, 0.717) is 61.4 Å². The third-order valence-corrected chi connectivity index (χ3v) is 4.60. The number of aromatic hydroxyl groups is 1. The number of hydrogen-bond acceptors (Lipinski definition) is 6. The number of aliphatic imine (C=N–C) groups is 1. The molecule has 1 heterocycles. The topological polar surface area (TPSA) is 85.2 Å². The van der Waals surface area contributed by atoms with E-state index >= 15 is 0 Å². The van der Waals surface area contributed by atoms with Gasteiger partial charge in [-0.15, -0.1) is 0 Å². The number of ether oxygens (including phenoxy) is 2. The quantitative estimate of drug-likeness (QED) is 0.431. The number of carbonyl (C=O) groups excluding carboxylic acids is 2. The van der Waals surface area contributed by atoms with Crippen LogP contribution in [0.4, 0.5) is 0 Å². The standard InChI is InChI=1S/C22H23NO5/c1-27-20(25)9-5-6-12-28-19-13-16-10-11-23-21(17(16)14-18(19)24)22(26)15-7-3-2-4-8-15/h2-4,7-8,13-14,24H,5-6,9-12H2,1H3. The van der Waals surface area contributed by atoms with E-state index in [1.807, 2.05) is 18.2 Å². The number of phenolic OH excluding ortho intramolecular Hbond substituents is 1. The van der Waals surface area contributed by atoms with Crippen LogP contribution in [0, 0.1) is 0 Å². The smallest absolute Gasteiger partial charge is 0.305 e. The molecule has 0 atom stereocenters. The molecule has 0 amide bonds. The number of fused-ring (bicyclic) bond motifs is 1. The maximum Gasteiger partial charge on any atom is 0.305 e. The van der Waals surface area contributed by atoms with Gasteiger partial charge in [-0.1, -0.05) is 30.3 Å². The van der Waals surface area contributed by atoms with Gasteiger partial charge in [0.05, 0.1) is 13.7 Å². The Morgan fingerprint density at radius 3 is 2.68 bits per heavy atom. The summed E-state index contributed by atoms with van der Waals surface area (Å²) in [6, 6.07) is 12.3. The Hall–Kier alpha value is -3.15. The lowest BCUT2D eigenvalue weighted by Crippen LogP contribution is -2.22. The van der Waals surface area contributed by atoms with Crippen LogP contribution in [0.15, 0.2) is 47.5 Å². The molecule has 0 fully saturated rings. The van der Waals surface area contributed by atoms with Gasteiger partial charge < -0.3 is 14.6 Å². The second-order valence-electron chi connectivity index (χ2n) is 6.53. The first-order chi connectivity index (χ1) is 13.6. The molecule has 2 aromatic carbocycles. The molecule has 2 aromatic rings. The van der Waals surface area contributed by atoms with E-state index < -0.39 is 0 Å². The molecule has 6 heteroatoms. The van der Waals surface area contributed by atoms with Gasteiger partial charge in [-0.3, -0.25) is 14.6 Å². The van der Waals surface area contributed by atoms with Crippen molar-refractivity contribution < 1.29 is 24.2 Å². The molecule has 6 nitrogen and oxygen atoms in total. The Kier molecular flexibility index (Phi) is 6.42. The van der Waals surface area contributed by atoms with E-state index in [2.05, 4.69) is 9.73 Å². The Labute approximate surface area is 163 Å². The second kappa shape index (κ2) is 9.17. The van der Waals surface area contributed by atoms with Gasteiger partial charge >= 0.3 is 5.97 Å². The second-order valence-corrected chi connectivity index (χ2v) is 6.53. The van der Waals surface area contributed by atoms with Crippen LogP contribution < -0.4 is 4.74 Å². The zero-order valence-corrected chi connectivity index (χ0v) is 15.8. The molecular formula is C22H23NO5. The number of phenols is 1. The molecule has 0 bridgehead atoms. The summed E-state index contributed by atoms with van der Waals surface area (Å²) in [5, 5.41) is 10.4. The van der Waals surface area contributed by atoms with Crippen molar-refractivity contribution in [3.05, 3.63) is 59.2 Å². The van der Waals surface area contributed by atoms with Crippen molar-refractivity contribution in [1.29, 1.82) is 0 Å². The summed E-state index contributed by atoms with van der Waals surface area (Å²) in [6.45, 7) is 0.900. The molecule has 0 unspecified atom stereocenters. The Bertz CT molecular complexity index is 889. The number of esters is 1. The molecule has 3 rings (SSSR count). The van der Waals surface area contributed by atoms with Crippen molar-refractivity contribution in [2.24, 2.45) is 4.99 Å². The van der Waals surface area contributed by atoms with Gasteiger partial charge in [-0.05, 0) is 37.0 Å². The van der Waals surface area contributed by atoms with Crippen molar-refractivity contribution in [1.82, 2.24) is 0 Å². The number of carbonyl (C=O) groups is 2. The number of ketones is 1. The van der Waals surface area contributed by atoms with Crippen LogP contribution in [0.2, 0.25) is 0 Å². The highest BCUT2D eigenvalue weighted by atomic mass is 16.5. The van der Waals surface area contributed by atoms with Crippen LogP contribution in [0.1, 0.15) is 40.7 Å². The van der Waals surface area contributed by atoms with Crippen LogP contribution >= 0.6 is 0 Å². The van der Waals surface area contributed by atoms with Crippen LogP contribution in [0.5, 0.6) is 11.5 Å². The molecule has 0 saturated heterocycles. The van der Waals surface area contributed by atoms with Gasteiger partial charge in [0, 0.05) is 24.1 Å². The van der Waals surface area contributed by atoms with E-state index in [1.54, 1.807) is 24.3 Å². The van der Waals surface area contributed by atoms with Gasteiger partial charge in [0.1, 0.15) is 5.71 Å². The predicted octanol–water partition coefficient (Wildman–Crippen LogP) is 3.34. The molecule has 0 radical (unpaired) electrons. The molecule has 0 saturated carbocycles. The number of nitrogens with zero attached hydrogens (tertiary/aromatic N) is 1. The van der Waals surface area contributed by atoms with E-state index in [0.717, 1.165) is 5.56 Å². The molecule has 0 spiro atoms. The van der Waals surface area contributed by atoms with E-state index in [9.17, 15) is 14.7 Å². The first-order valence-electron chi connectivity index (χ1n) is 9.30. The third kappa shape index (κ3) is 4.57. The highest BCUT2D eigenvalue weighted by Crippen LogP contribution is 2.32. The van der Waals surface area contributed by atoms with Crippen molar-refractivity contribution >= 4 is 17.5 Å². The minimum Gasteiger partial charge on any atom is -0.504 e. The highest BCUT2D eigenvalue weighted by molar-refractivity contribution is 6.51. The molecule has 146 valence electrons. The van der Waals surface area contributed by atoms with Crippen molar-refractivity contribution in [2.45, 2.75) is 25.7 Å². The van der Waals surface area contributed by atoms with Gasteiger partial charge in [-0.2, -0.15) is 0 Å². The van der Waals surface area contributed by atoms with Crippen molar-refractivity contribution in [2.75, 3.05) is 20.3 Å². The summed E-state index contributed by atoms with van der Waals surface area (Å²) in [4.78, 5) is 28.3. The van der Waals surface area contributed by atoms with Gasteiger partial charge in [0.2, 0.25) is 5.78 Å². The third-order valence-electron chi connectivity index (χ3n) is 4.60. The first kappa shape index (κ1) is 19.6. The zero-order valence-electron chi connectivity index (χ0n) is 15.8. The fourth-order valence-corrected chi connectivity index (χ4v) is 3.10. The van der Waals surface area contributed by atoms with Crippen molar-refractivity contribution in [3.8, 4) is 11.5 Å². The highest BCUT2D eigenvalue weighted by Gasteiger charge is 2.23. The Balaban J connectivity index is 1.70. The minimum atomic E-state index is -0.244. The molecule has 0 aromatic heterocycles. The van der Waals surface area contributed by atoms with Crippen LogP contribution in [-0.4, -0.2) is 42.8 Å². The number of methoxy groups -OCH3 is 1. The van der Waals surface area contributed by atoms with E-state index in [1.165, 1.54) is 7.11 Å². The molecule has 1 N–H and O–H groups in total. The maximum atomic E-state index is 12.8. The molecule has 28 heavy (non-hydrogen) atoms. The summed E-state index contributed by atoms with van der Waals surface area (Å²) in [5.41, 5.74) is 2.51. The normalized spacial score (nSPS) is 12.7. The van der Waals surface area contributed by atoms with E-state index in [-0.39, 0.29) is 17.5 Å². The van der Waals surface area contributed by atoms with Gasteiger partial charge in [-0.25, -0.2) is 0 Å². The number of hydrogen-bond donors (Lipinski definition) is 1. The van der Waals surface area contributed by atoms with Crippen molar-refractivity contribution in [3.63, 3.8) is 0 Å². The number of benzene rings is 2. The monoisotopic (exact) mass is 381 g/mol. The summed E-state index contributed by atoms with van der Waals surface area (Å²) in [5.74, 6) is -0.0450. The molecule has 0 aliphatic carbocycles. The average molecular weight is 381 g/mol. The lowest BCUT2D eigenvalue weighted by molar-refractivity contribution is -0.140.